The first-order valence-corrected chi connectivity index (χ1v) is 11.2. The SMILES string of the molecule is Cc1cc(C)c(S(=O)(=O)N2CCN(C(=O)COC3CCCC3)CC2)c(C)c1. The summed E-state index contributed by atoms with van der Waals surface area (Å²) >= 11 is 0. The van der Waals surface area contributed by atoms with Crippen LogP contribution in [-0.2, 0) is 19.6 Å². The Hall–Kier alpha value is -1.44. The van der Waals surface area contributed by atoms with Crippen LogP contribution in [-0.4, -0.2) is 62.4 Å². The molecule has 2 fully saturated rings. The molecule has 1 heterocycles. The molecule has 0 atom stereocenters. The molecule has 1 saturated heterocycles. The van der Waals surface area contributed by atoms with Crippen molar-refractivity contribution in [1.82, 2.24) is 9.21 Å². The number of nitrogens with zero attached hydrogens (tertiary/aromatic N) is 2. The van der Waals surface area contributed by atoms with E-state index in [2.05, 4.69) is 0 Å². The van der Waals surface area contributed by atoms with Gasteiger partial charge in [0.15, 0.2) is 0 Å². The fraction of sp³-hybridized carbons (Fsp3) is 0.650. The maximum atomic E-state index is 13.1. The Morgan fingerprint density at radius 1 is 1.04 bits per heavy atom. The van der Waals surface area contributed by atoms with Gasteiger partial charge >= 0.3 is 0 Å². The first-order valence-electron chi connectivity index (χ1n) is 9.76. The molecule has 150 valence electrons. The van der Waals surface area contributed by atoms with Gasteiger partial charge in [0.05, 0.1) is 11.0 Å². The second kappa shape index (κ2) is 8.29. The number of aryl methyl sites for hydroxylation is 3. The summed E-state index contributed by atoms with van der Waals surface area (Å²) in [6, 6.07) is 3.81. The largest absolute Gasteiger partial charge is 0.368 e. The summed E-state index contributed by atoms with van der Waals surface area (Å²) in [4.78, 5) is 14.5. The molecular formula is C20H30N2O4S. The number of hydrogen-bond donors (Lipinski definition) is 0. The zero-order valence-electron chi connectivity index (χ0n) is 16.5. The molecule has 0 bridgehead atoms. The number of sulfonamides is 1. The van der Waals surface area contributed by atoms with E-state index in [-0.39, 0.29) is 18.6 Å². The molecule has 1 amide bonds. The number of hydrogen-bond acceptors (Lipinski definition) is 4. The van der Waals surface area contributed by atoms with Crippen molar-refractivity contribution in [1.29, 1.82) is 0 Å². The third kappa shape index (κ3) is 4.52. The van der Waals surface area contributed by atoms with Crippen LogP contribution in [0.2, 0.25) is 0 Å². The molecule has 1 aromatic carbocycles. The summed E-state index contributed by atoms with van der Waals surface area (Å²) in [5.41, 5.74) is 2.61. The van der Waals surface area contributed by atoms with Gasteiger partial charge in [0.25, 0.3) is 0 Å². The van der Waals surface area contributed by atoms with E-state index in [0.29, 0.717) is 31.1 Å². The summed E-state index contributed by atoms with van der Waals surface area (Å²) < 4.78 is 33.4. The van der Waals surface area contributed by atoms with Gasteiger partial charge < -0.3 is 9.64 Å². The van der Waals surface area contributed by atoms with Crippen molar-refractivity contribution in [2.75, 3.05) is 32.8 Å². The predicted octanol–water partition coefficient (Wildman–Crippen LogP) is 2.40. The molecule has 6 nitrogen and oxygen atoms in total. The summed E-state index contributed by atoms with van der Waals surface area (Å²) in [5, 5.41) is 0. The predicted molar refractivity (Wildman–Crippen MR) is 104 cm³/mol. The Morgan fingerprint density at radius 3 is 2.15 bits per heavy atom. The second-order valence-corrected chi connectivity index (χ2v) is 9.60. The van der Waals surface area contributed by atoms with Crippen molar-refractivity contribution in [3.05, 3.63) is 28.8 Å². The number of amides is 1. The van der Waals surface area contributed by atoms with Gasteiger partial charge in [0.1, 0.15) is 6.61 Å². The van der Waals surface area contributed by atoms with Crippen molar-refractivity contribution in [3.63, 3.8) is 0 Å². The molecular weight excluding hydrogens is 364 g/mol. The van der Waals surface area contributed by atoms with E-state index in [0.717, 1.165) is 29.5 Å². The smallest absolute Gasteiger partial charge is 0.248 e. The lowest BCUT2D eigenvalue weighted by atomic mass is 10.1. The van der Waals surface area contributed by atoms with Crippen LogP contribution >= 0.6 is 0 Å². The Kier molecular flexibility index (Phi) is 6.23. The zero-order chi connectivity index (χ0) is 19.6. The fourth-order valence-corrected chi connectivity index (χ4v) is 6.05. The van der Waals surface area contributed by atoms with Crippen molar-refractivity contribution in [2.24, 2.45) is 0 Å². The Balaban J connectivity index is 1.60. The molecule has 7 heteroatoms. The maximum Gasteiger partial charge on any atom is 0.248 e. The molecule has 0 N–H and O–H groups in total. The third-order valence-electron chi connectivity index (χ3n) is 5.54. The number of carbonyl (C=O) groups excluding carboxylic acids is 1. The van der Waals surface area contributed by atoms with E-state index >= 15 is 0 Å². The van der Waals surface area contributed by atoms with Crippen molar-refractivity contribution in [3.8, 4) is 0 Å². The monoisotopic (exact) mass is 394 g/mol. The van der Waals surface area contributed by atoms with Crippen LogP contribution in [0.15, 0.2) is 17.0 Å². The molecule has 0 radical (unpaired) electrons. The van der Waals surface area contributed by atoms with Gasteiger partial charge in [-0.1, -0.05) is 30.5 Å². The van der Waals surface area contributed by atoms with Crippen LogP contribution in [0.25, 0.3) is 0 Å². The summed E-state index contributed by atoms with van der Waals surface area (Å²) in [7, 11) is -3.55. The highest BCUT2D eigenvalue weighted by Gasteiger charge is 2.32. The van der Waals surface area contributed by atoms with Gasteiger partial charge in [-0.25, -0.2) is 8.42 Å². The van der Waals surface area contributed by atoms with Gasteiger partial charge in [-0.05, 0) is 44.7 Å². The number of piperazine rings is 1. The lowest BCUT2D eigenvalue weighted by molar-refractivity contribution is -0.139. The topological polar surface area (TPSA) is 66.9 Å². The minimum absolute atomic E-state index is 0.0401. The van der Waals surface area contributed by atoms with Crippen LogP contribution in [0, 0.1) is 20.8 Å². The number of carbonyl (C=O) groups is 1. The molecule has 27 heavy (non-hydrogen) atoms. The van der Waals surface area contributed by atoms with Gasteiger partial charge in [-0.15, -0.1) is 0 Å². The number of ether oxygens (including phenoxy) is 1. The molecule has 0 aromatic heterocycles. The van der Waals surface area contributed by atoms with Crippen molar-refractivity contribution < 1.29 is 17.9 Å². The highest BCUT2D eigenvalue weighted by Crippen LogP contribution is 2.26. The lowest BCUT2D eigenvalue weighted by Gasteiger charge is -2.34. The molecule has 0 unspecified atom stereocenters. The number of benzene rings is 1. The zero-order valence-corrected chi connectivity index (χ0v) is 17.3. The van der Waals surface area contributed by atoms with Gasteiger partial charge in [-0.3, -0.25) is 4.79 Å². The van der Waals surface area contributed by atoms with Crippen LogP contribution in [0.1, 0.15) is 42.4 Å². The third-order valence-corrected chi connectivity index (χ3v) is 7.74. The first kappa shape index (κ1) is 20.3. The average Bonchev–Trinajstić information content (AvgIpc) is 3.12. The van der Waals surface area contributed by atoms with Crippen molar-refractivity contribution in [2.45, 2.75) is 57.5 Å². The van der Waals surface area contributed by atoms with Gasteiger partial charge in [0.2, 0.25) is 15.9 Å². The van der Waals surface area contributed by atoms with E-state index in [1.165, 1.54) is 17.1 Å². The summed E-state index contributed by atoms with van der Waals surface area (Å²) in [5.74, 6) is -0.0401. The van der Waals surface area contributed by atoms with Crippen LogP contribution in [0.4, 0.5) is 0 Å². The highest BCUT2D eigenvalue weighted by atomic mass is 32.2. The first-order chi connectivity index (χ1) is 12.8. The minimum Gasteiger partial charge on any atom is -0.368 e. The summed E-state index contributed by atoms with van der Waals surface area (Å²) in [6.45, 7) is 7.22. The molecule has 1 aromatic rings. The maximum absolute atomic E-state index is 13.1. The molecule has 1 saturated carbocycles. The van der Waals surface area contributed by atoms with E-state index in [4.69, 9.17) is 4.74 Å². The van der Waals surface area contributed by atoms with E-state index in [9.17, 15) is 13.2 Å². The Labute approximate surface area is 162 Å². The number of rotatable bonds is 5. The summed E-state index contributed by atoms with van der Waals surface area (Å²) in [6.07, 6.45) is 4.63. The normalized spacial score (nSPS) is 19.6. The lowest BCUT2D eigenvalue weighted by Crippen LogP contribution is -2.51. The average molecular weight is 395 g/mol. The molecule has 3 rings (SSSR count). The molecule has 0 spiro atoms. The quantitative estimate of drug-likeness (QED) is 0.769. The minimum atomic E-state index is -3.55. The molecule has 1 aliphatic carbocycles. The fourth-order valence-electron chi connectivity index (χ4n) is 4.22. The van der Waals surface area contributed by atoms with E-state index in [1.807, 2.05) is 32.9 Å². The van der Waals surface area contributed by atoms with E-state index < -0.39 is 10.0 Å². The molecule has 2 aliphatic rings. The second-order valence-electron chi connectivity index (χ2n) is 7.73. The van der Waals surface area contributed by atoms with Gasteiger partial charge in [0, 0.05) is 26.2 Å². The van der Waals surface area contributed by atoms with Crippen molar-refractivity contribution >= 4 is 15.9 Å². The van der Waals surface area contributed by atoms with Crippen LogP contribution in [0.3, 0.4) is 0 Å². The van der Waals surface area contributed by atoms with Gasteiger partial charge in [-0.2, -0.15) is 4.31 Å². The van der Waals surface area contributed by atoms with E-state index in [1.54, 1.807) is 4.90 Å². The Morgan fingerprint density at radius 2 is 1.59 bits per heavy atom. The van der Waals surface area contributed by atoms with Crippen LogP contribution in [0.5, 0.6) is 0 Å². The highest BCUT2D eigenvalue weighted by molar-refractivity contribution is 7.89. The standard InChI is InChI=1S/C20H30N2O4S/c1-15-12-16(2)20(17(3)13-15)27(24,25)22-10-8-21(9-11-22)19(23)14-26-18-6-4-5-7-18/h12-13,18H,4-11,14H2,1-3H3. The Bertz CT molecular complexity index is 769. The van der Waals surface area contributed by atoms with Crippen LogP contribution < -0.4 is 0 Å². The molecule has 1 aliphatic heterocycles.